The summed E-state index contributed by atoms with van der Waals surface area (Å²) in [5.74, 6) is 3.60. The summed E-state index contributed by atoms with van der Waals surface area (Å²) in [5.41, 5.74) is 4.34. The Morgan fingerprint density at radius 1 is 1.62 bits per heavy atom. The molecule has 1 amide bonds. The van der Waals surface area contributed by atoms with Crippen LogP contribution in [0.4, 0.5) is 4.79 Å². The van der Waals surface area contributed by atoms with Gasteiger partial charge in [0.1, 0.15) is 0 Å². The second-order valence-corrected chi connectivity index (χ2v) is 4.04. The SMILES string of the molecule is C#CC1(OC(N)=O)CC2CCC1C2. The van der Waals surface area contributed by atoms with Crippen molar-refractivity contribution in [2.45, 2.75) is 31.3 Å². The van der Waals surface area contributed by atoms with E-state index >= 15 is 0 Å². The van der Waals surface area contributed by atoms with Crippen LogP contribution < -0.4 is 5.73 Å². The number of amides is 1. The minimum absolute atomic E-state index is 0.343. The summed E-state index contributed by atoms with van der Waals surface area (Å²) in [6.45, 7) is 0. The molecule has 0 aromatic carbocycles. The fourth-order valence-corrected chi connectivity index (χ4v) is 2.79. The first-order chi connectivity index (χ1) is 6.16. The van der Waals surface area contributed by atoms with Gasteiger partial charge in [-0.15, -0.1) is 6.42 Å². The Balaban J connectivity index is 2.18. The van der Waals surface area contributed by atoms with Crippen molar-refractivity contribution in [3.05, 3.63) is 0 Å². The fraction of sp³-hybridized carbons (Fsp3) is 0.700. The molecule has 3 nitrogen and oxygen atoms in total. The van der Waals surface area contributed by atoms with Gasteiger partial charge in [-0.2, -0.15) is 0 Å². The van der Waals surface area contributed by atoms with E-state index in [1.54, 1.807) is 0 Å². The van der Waals surface area contributed by atoms with E-state index in [0.717, 1.165) is 19.3 Å². The van der Waals surface area contributed by atoms with Gasteiger partial charge >= 0.3 is 6.09 Å². The number of terminal acetylenes is 1. The van der Waals surface area contributed by atoms with Crippen molar-refractivity contribution in [3.8, 4) is 12.3 Å². The van der Waals surface area contributed by atoms with Gasteiger partial charge in [-0.25, -0.2) is 4.79 Å². The van der Waals surface area contributed by atoms with Gasteiger partial charge in [-0.1, -0.05) is 5.92 Å². The van der Waals surface area contributed by atoms with E-state index in [2.05, 4.69) is 5.92 Å². The third kappa shape index (κ3) is 1.17. The number of hydrogen-bond acceptors (Lipinski definition) is 2. The van der Waals surface area contributed by atoms with Crippen LogP contribution in [0.15, 0.2) is 0 Å². The molecule has 2 aliphatic carbocycles. The van der Waals surface area contributed by atoms with Crippen molar-refractivity contribution in [3.63, 3.8) is 0 Å². The molecule has 2 bridgehead atoms. The molecule has 2 rings (SSSR count). The van der Waals surface area contributed by atoms with Crippen LogP contribution in [0.3, 0.4) is 0 Å². The highest BCUT2D eigenvalue weighted by atomic mass is 16.6. The predicted octanol–water partition coefficient (Wildman–Crippen LogP) is 1.27. The summed E-state index contributed by atoms with van der Waals surface area (Å²) in [6, 6.07) is 0. The normalized spacial score (nSPS) is 41.5. The number of primary amides is 1. The van der Waals surface area contributed by atoms with Gasteiger partial charge in [0.2, 0.25) is 0 Å². The summed E-state index contributed by atoms with van der Waals surface area (Å²) in [4.78, 5) is 10.7. The molecule has 3 unspecified atom stereocenters. The van der Waals surface area contributed by atoms with Crippen molar-refractivity contribution in [2.75, 3.05) is 0 Å². The van der Waals surface area contributed by atoms with Gasteiger partial charge in [0, 0.05) is 12.3 Å². The Bertz CT molecular complexity index is 281. The Morgan fingerprint density at radius 3 is 2.77 bits per heavy atom. The van der Waals surface area contributed by atoms with Gasteiger partial charge < -0.3 is 10.5 Å². The summed E-state index contributed by atoms with van der Waals surface area (Å²) >= 11 is 0. The number of rotatable bonds is 1. The largest absolute Gasteiger partial charge is 0.430 e. The summed E-state index contributed by atoms with van der Waals surface area (Å²) in [5, 5.41) is 0. The van der Waals surface area contributed by atoms with E-state index in [1.807, 2.05) is 0 Å². The number of carbonyl (C=O) groups excluding carboxylic acids is 1. The maximum Gasteiger partial charge on any atom is 0.406 e. The van der Waals surface area contributed by atoms with E-state index < -0.39 is 11.7 Å². The second-order valence-electron chi connectivity index (χ2n) is 4.04. The monoisotopic (exact) mass is 179 g/mol. The zero-order chi connectivity index (χ0) is 9.47. The number of fused-ring (bicyclic) bond motifs is 2. The van der Waals surface area contributed by atoms with Crippen LogP contribution in [0.2, 0.25) is 0 Å². The molecule has 0 aliphatic heterocycles. The Morgan fingerprint density at radius 2 is 2.38 bits per heavy atom. The summed E-state index contributed by atoms with van der Waals surface area (Å²) < 4.78 is 5.08. The molecule has 0 saturated heterocycles. The van der Waals surface area contributed by atoms with Crippen LogP contribution in [-0.4, -0.2) is 11.7 Å². The van der Waals surface area contributed by atoms with Gasteiger partial charge in [0.05, 0.1) is 0 Å². The lowest BCUT2D eigenvalue weighted by atomic mass is 9.85. The second kappa shape index (κ2) is 2.66. The van der Waals surface area contributed by atoms with E-state index in [-0.39, 0.29) is 0 Å². The van der Waals surface area contributed by atoms with E-state index in [1.165, 1.54) is 6.42 Å². The number of carbonyl (C=O) groups is 1. The lowest BCUT2D eigenvalue weighted by Gasteiger charge is -2.31. The first kappa shape index (κ1) is 8.43. The van der Waals surface area contributed by atoms with Gasteiger partial charge in [0.25, 0.3) is 0 Å². The molecule has 0 aromatic rings. The van der Waals surface area contributed by atoms with E-state index in [0.29, 0.717) is 11.8 Å². The first-order valence-corrected chi connectivity index (χ1v) is 4.62. The lowest BCUT2D eigenvalue weighted by molar-refractivity contribution is 0.0203. The standard InChI is InChI=1S/C10H13NO2/c1-2-10(13-9(11)12)6-7-3-4-8(10)5-7/h1,7-8H,3-6H2,(H2,11,12). The molecular weight excluding hydrogens is 166 g/mol. The molecule has 0 heterocycles. The van der Waals surface area contributed by atoms with Gasteiger partial charge in [-0.3, -0.25) is 0 Å². The van der Waals surface area contributed by atoms with E-state index in [9.17, 15) is 4.79 Å². The highest BCUT2D eigenvalue weighted by molar-refractivity contribution is 5.66. The maximum absolute atomic E-state index is 10.7. The van der Waals surface area contributed by atoms with Crippen LogP contribution in [0.1, 0.15) is 25.7 Å². The molecule has 3 atom stereocenters. The molecule has 13 heavy (non-hydrogen) atoms. The minimum atomic E-state index is -0.745. The van der Waals surface area contributed by atoms with Crippen molar-refractivity contribution in [2.24, 2.45) is 17.6 Å². The van der Waals surface area contributed by atoms with Crippen LogP contribution in [0.5, 0.6) is 0 Å². The smallest absolute Gasteiger partial charge is 0.406 e. The highest BCUT2D eigenvalue weighted by Crippen LogP contribution is 2.52. The molecule has 2 aliphatic rings. The maximum atomic E-state index is 10.7. The van der Waals surface area contributed by atoms with Crippen molar-refractivity contribution < 1.29 is 9.53 Å². The van der Waals surface area contributed by atoms with Crippen molar-refractivity contribution >= 4 is 6.09 Å². The molecule has 0 spiro atoms. The molecule has 3 heteroatoms. The van der Waals surface area contributed by atoms with Gasteiger partial charge in [-0.05, 0) is 25.2 Å². The summed E-state index contributed by atoms with van der Waals surface area (Å²) in [7, 11) is 0. The van der Waals surface area contributed by atoms with E-state index in [4.69, 9.17) is 16.9 Å². The minimum Gasteiger partial charge on any atom is -0.430 e. The third-order valence-electron chi connectivity index (χ3n) is 3.32. The Labute approximate surface area is 77.6 Å². The molecule has 0 aromatic heterocycles. The van der Waals surface area contributed by atoms with Crippen LogP contribution in [0.25, 0.3) is 0 Å². The number of nitrogens with two attached hydrogens (primary N) is 1. The highest BCUT2D eigenvalue weighted by Gasteiger charge is 2.52. The zero-order valence-electron chi connectivity index (χ0n) is 7.45. The van der Waals surface area contributed by atoms with Crippen molar-refractivity contribution in [1.29, 1.82) is 0 Å². The lowest BCUT2D eigenvalue weighted by Crippen LogP contribution is -2.40. The number of ether oxygens (including phenoxy) is 1. The molecule has 0 radical (unpaired) electrons. The average Bonchev–Trinajstić information content (AvgIpc) is 2.62. The molecule has 2 N–H and O–H groups in total. The molecular formula is C10H13NO2. The molecule has 2 fully saturated rings. The quantitative estimate of drug-likeness (QED) is 0.616. The molecule has 70 valence electrons. The van der Waals surface area contributed by atoms with Crippen molar-refractivity contribution in [1.82, 2.24) is 0 Å². The Hall–Kier alpha value is -1.17. The summed E-state index contributed by atoms with van der Waals surface area (Å²) in [6.07, 6.45) is 8.86. The first-order valence-electron chi connectivity index (χ1n) is 4.62. The average molecular weight is 179 g/mol. The van der Waals surface area contributed by atoms with Crippen LogP contribution in [-0.2, 0) is 4.74 Å². The predicted molar refractivity (Wildman–Crippen MR) is 47.7 cm³/mol. The number of hydrogen-bond donors (Lipinski definition) is 1. The van der Waals surface area contributed by atoms with Crippen LogP contribution in [0, 0.1) is 24.2 Å². The fourth-order valence-electron chi connectivity index (χ4n) is 2.79. The zero-order valence-corrected chi connectivity index (χ0v) is 7.45. The molecule has 2 saturated carbocycles. The Kier molecular flexibility index (Phi) is 1.73. The van der Waals surface area contributed by atoms with Crippen LogP contribution >= 0.6 is 0 Å². The topological polar surface area (TPSA) is 52.3 Å². The van der Waals surface area contributed by atoms with Gasteiger partial charge in [0.15, 0.2) is 5.60 Å². The third-order valence-corrected chi connectivity index (χ3v) is 3.32.